The van der Waals surface area contributed by atoms with Gasteiger partial charge in [-0.05, 0) is 55.4 Å². The quantitative estimate of drug-likeness (QED) is 0.672. The summed E-state index contributed by atoms with van der Waals surface area (Å²) in [5.41, 5.74) is 3.09. The molecule has 0 unspecified atom stereocenters. The molecule has 0 amide bonds. The van der Waals surface area contributed by atoms with E-state index >= 15 is 0 Å². The third-order valence-corrected chi connectivity index (χ3v) is 4.56. The monoisotopic (exact) mass is 371 g/mol. The van der Waals surface area contributed by atoms with E-state index in [0.29, 0.717) is 20.8 Å². The minimum absolute atomic E-state index is 0.123. The molecule has 1 N–H and O–H groups in total. The lowest BCUT2D eigenvalue weighted by Crippen LogP contribution is -2.04. The standard InChI is InChI=1S/C18H14ClN3O2S/c1-10-9-11(2)22-18(21-10)25-16-15(17(23)24)14(7-8-20-16)12-3-5-13(19)6-4-12/h3-9H,1-2H3,(H,23,24). The van der Waals surface area contributed by atoms with Gasteiger partial charge in [-0.25, -0.2) is 19.7 Å². The molecule has 5 nitrogen and oxygen atoms in total. The van der Waals surface area contributed by atoms with Crippen molar-refractivity contribution in [1.82, 2.24) is 15.0 Å². The van der Waals surface area contributed by atoms with Crippen LogP contribution in [0.25, 0.3) is 11.1 Å². The predicted octanol–water partition coefficient (Wildman–Crippen LogP) is 4.66. The van der Waals surface area contributed by atoms with Crippen molar-refractivity contribution in [2.24, 2.45) is 0 Å². The Kier molecular flexibility index (Phi) is 5.01. The highest BCUT2D eigenvalue weighted by atomic mass is 35.5. The number of halogens is 1. The number of aromatic carboxylic acids is 1. The number of carbonyl (C=O) groups is 1. The molecule has 25 heavy (non-hydrogen) atoms. The fourth-order valence-electron chi connectivity index (χ4n) is 2.42. The van der Waals surface area contributed by atoms with Crippen LogP contribution in [0.15, 0.2) is 52.8 Å². The van der Waals surface area contributed by atoms with Crippen molar-refractivity contribution in [3.63, 3.8) is 0 Å². The van der Waals surface area contributed by atoms with Gasteiger partial charge in [-0.3, -0.25) is 0 Å². The molecule has 0 saturated carbocycles. The number of pyridine rings is 1. The summed E-state index contributed by atoms with van der Waals surface area (Å²) in [6.45, 7) is 3.74. The van der Waals surface area contributed by atoms with Crippen molar-refractivity contribution in [2.45, 2.75) is 24.0 Å². The van der Waals surface area contributed by atoms with Gasteiger partial charge in [-0.1, -0.05) is 23.7 Å². The molecule has 0 fully saturated rings. The molecule has 7 heteroatoms. The molecular formula is C18H14ClN3O2S. The van der Waals surface area contributed by atoms with Crippen LogP contribution in [-0.4, -0.2) is 26.0 Å². The van der Waals surface area contributed by atoms with Gasteiger partial charge in [0.1, 0.15) is 5.03 Å². The molecule has 0 radical (unpaired) electrons. The molecule has 0 saturated heterocycles. The van der Waals surface area contributed by atoms with Crippen LogP contribution in [0.3, 0.4) is 0 Å². The van der Waals surface area contributed by atoms with E-state index in [1.807, 2.05) is 19.9 Å². The molecular weight excluding hydrogens is 358 g/mol. The molecule has 2 heterocycles. The Balaban J connectivity index is 2.09. The molecule has 0 bridgehead atoms. The second kappa shape index (κ2) is 7.21. The van der Waals surface area contributed by atoms with Crippen LogP contribution in [0.4, 0.5) is 0 Å². The van der Waals surface area contributed by atoms with Gasteiger partial charge in [0.25, 0.3) is 0 Å². The smallest absolute Gasteiger partial charge is 0.339 e. The second-order valence-electron chi connectivity index (χ2n) is 5.39. The Labute approximate surface area is 154 Å². The van der Waals surface area contributed by atoms with Crippen molar-refractivity contribution in [2.75, 3.05) is 0 Å². The number of aromatic nitrogens is 3. The Hall–Kier alpha value is -2.44. The first kappa shape index (κ1) is 17.4. The summed E-state index contributed by atoms with van der Waals surface area (Å²) in [4.78, 5) is 24.8. The number of carboxylic acid groups (broad SMARTS) is 1. The molecule has 3 aromatic rings. The summed E-state index contributed by atoms with van der Waals surface area (Å²) in [6, 6.07) is 10.6. The highest BCUT2D eigenvalue weighted by Gasteiger charge is 2.20. The van der Waals surface area contributed by atoms with Crippen molar-refractivity contribution < 1.29 is 9.90 Å². The van der Waals surface area contributed by atoms with E-state index in [9.17, 15) is 9.90 Å². The van der Waals surface area contributed by atoms with Gasteiger partial charge in [0.2, 0.25) is 0 Å². The fraction of sp³-hybridized carbons (Fsp3) is 0.111. The molecule has 1 aromatic carbocycles. The van der Waals surface area contributed by atoms with E-state index < -0.39 is 5.97 Å². The lowest BCUT2D eigenvalue weighted by molar-refractivity contribution is 0.0693. The SMILES string of the molecule is Cc1cc(C)nc(Sc2nccc(-c3ccc(Cl)cc3)c2C(=O)O)n1. The minimum Gasteiger partial charge on any atom is -0.478 e. The maximum atomic E-state index is 11.9. The Morgan fingerprint density at radius 3 is 2.32 bits per heavy atom. The molecule has 0 aliphatic rings. The number of rotatable bonds is 4. The average Bonchev–Trinajstić information content (AvgIpc) is 2.54. The van der Waals surface area contributed by atoms with E-state index in [4.69, 9.17) is 11.6 Å². The Morgan fingerprint density at radius 2 is 1.72 bits per heavy atom. The van der Waals surface area contributed by atoms with E-state index in [-0.39, 0.29) is 5.56 Å². The maximum absolute atomic E-state index is 11.9. The topological polar surface area (TPSA) is 76.0 Å². The van der Waals surface area contributed by atoms with E-state index in [1.54, 1.807) is 36.5 Å². The van der Waals surface area contributed by atoms with Crippen molar-refractivity contribution >= 4 is 29.3 Å². The summed E-state index contributed by atoms with van der Waals surface area (Å²) in [5, 5.41) is 11.1. The van der Waals surface area contributed by atoms with Gasteiger partial charge in [0.05, 0.1) is 5.56 Å². The lowest BCUT2D eigenvalue weighted by atomic mass is 10.0. The summed E-state index contributed by atoms with van der Waals surface area (Å²) in [5.74, 6) is -1.05. The minimum atomic E-state index is -1.05. The first-order valence-electron chi connectivity index (χ1n) is 7.42. The molecule has 0 atom stereocenters. The van der Waals surface area contributed by atoms with Gasteiger partial charge >= 0.3 is 5.97 Å². The Morgan fingerprint density at radius 1 is 1.08 bits per heavy atom. The first-order valence-corrected chi connectivity index (χ1v) is 8.62. The zero-order chi connectivity index (χ0) is 18.0. The van der Waals surface area contributed by atoms with Crippen LogP contribution in [-0.2, 0) is 0 Å². The van der Waals surface area contributed by atoms with Crippen LogP contribution in [0.5, 0.6) is 0 Å². The molecule has 2 aromatic heterocycles. The van der Waals surface area contributed by atoms with E-state index in [1.165, 1.54) is 0 Å². The van der Waals surface area contributed by atoms with Crippen LogP contribution >= 0.6 is 23.4 Å². The van der Waals surface area contributed by atoms with Gasteiger partial charge in [-0.2, -0.15) is 0 Å². The van der Waals surface area contributed by atoms with Crippen LogP contribution < -0.4 is 0 Å². The summed E-state index contributed by atoms with van der Waals surface area (Å²) < 4.78 is 0. The van der Waals surface area contributed by atoms with Crippen LogP contribution in [0.1, 0.15) is 21.7 Å². The highest BCUT2D eigenvalue weighted by molar-refractivity contribution is 7.99. The zero-order valence-corrected chi connectivity index (χ0v) is 15.1. The normalized spacial score (nSPS) is 10.7. The largest absolute Gasteiger partial charge is 0.478 e. The van der Waals surface area contributed by atoms with Gasteiger partial charge in [0, 0.05) is 28.2 Å². The van der Waals surface area contributed by atoms with E-state index in [0.717, 1.165) is 28.7 Å². The third-order valence-electron chi connectivity index (χ3n) is 3.44. The average molecular weight is 372 g/mol. The molecule has 126 valence electrons. The number of benzene rings is 1. The number of hydrogen-bond donors (Lipinski definition) is 1. The van der Waals surface area contributed by atoms with E-state index in [2.05, 4.69) is 15.0 Å². The molecule has 0 spiro atoms. The third kappa shape index (κ3) is 3.97. The summed E-state index contributed by atoms with van der Waals surface area (Å²) >= 11 is 7.06. The van der Waals surface area contributed by atoms with Gasteiger partial charge in [-0.15, -0.1) is 0 Å². The maximum Gasteiger partial charge on any atom is 0.339 e. The Bertz CT molecular complexity index is 925. The molecule has 0 aliphatic heterocycles. The molecule has 3 rings (SSSR count). The fourth-order valence-corrected chi connectivity index (χ4v) is 3.51. The number of carboxylic acids is 1. The number of aryl methyl sites for hydroxylation is 2. The lowest BCUT2D eigenvalue weighted by Gasteiger charge is -2.10. The first-order chi connectivity index (χ1) is 11.9. The van der Waals surface area contributed by atoms with Crippen LogP contribution in [0.2, 0.25) is 5.02 Å². The summed E-state index contributed by atoms with van der Waals surface area (Å²) in [7, 11) is 0. The number of hydrogen-bond acceptors (Lipinski definition) is 5. The second-order valence-corrected chi connectivity index (χ2v) is 6.78. The zero-order valence-electron chi connectivity index (χ0n) is 13.5. The van der Waals surface area contributed by atoms with Crippen molar-refractivity contribution in [3.05, 3.63) is 64.6 Å². The van der Waals surface area contributed by atoms with Crippen molar-refractivity contribution in [3.8, 4) is 11.1 Å². The van der Waals surface area contributed by atoms with Crippen LogP contribution in [0, 0.1) is 13.8 Å². The molecule has 0 aliphatic carbocycles. The number of nitrogens with zero attached hydrogens (tertiary/aromatic N) is 3. The predicted molar refractivity (Wildman–Crippen MR) is 97.3 cm³/mol. The highest BCUT2D eigenvalue weighted by Crippen LogP contribution is 2.33. The van der Waals surface area contributed by atoms with Gasteiger partial charge in [0.15, 0.2) is 5.16 Å². The van der Waals surface area contributed by atoms with Gasteiger partial charge < -0.3 is 5.11 Å². The summed E-state index contributed by atoms with van der Waals surface area (Å²) in [6.07, 6.45) is 1.58. The van der Waals surface area contributed by atoms with Crippen molar-refractivity contribution in [1.29, 1.82) is 0 Å².